The number of carbonyl (C=O) groups is 1. The quantitative estimate of drug-likeness (QED) is 0.550. The van der Waals surface area contributed by atoms with E-state index in [1.165, 1.54) is 0 Å². The zero-order chi connectivity index (χ0) is 20.8. The molecule has 30 heavy (non-hydrogen) atoms. The fourth-order valence-corrected chi connectivity index (χ4v) is 4.08. The molecule has 1 aliphatic rings. The highest BCUT2D eigenvalue weighted by molar-refractivity contribution is 5.99. The van der Waals surface area contributed by atoms with E-state index in [9.17, 15) is 14.7 Å². The number of fused-ring (bicyclic) bond motifs is 2. The Hall–Kier alpha value is -3.86. The summed E-state index contributed by atoms with van der Waals surface area (Å²) in [5, 5.41) is 10.2. The molecule has 148 valence electrons. The zero-order valence-corrected chi connectivity index (χ0v) is 16.3. The lowest BCUT2D eigenvalue weighted by Crippen LogP contribution is -2.29. The molecule has 1 atom stereocenters. The van der Waals surface area contributed by atoms with Gasteiger partial charge in [-0.2, -0.15) is 0 Å². The number of nitrogens with zero attached hydrogens (tertiary/aromatic N) is 1. The minimum absolute atomic E-state index is 0.0883. The Morgan fingerprint density at radius 2 is 1.70 bits per heavy atom. The van der Waals surface area contributed by atoms with Crippen LogP contribution in [0.5, 0.6) is 5.75 Å². The van der Waals surface area contributed by atoms with Crippen molar-refractivity contribution in [3.05, 3.63) is 111 Å². The predicted octanol–water partition coefficient (Wildman–Crippen LogP) is 4.55. The molecule has 1 aliphatic heterocycles. The van der Waals surface area contributed by atoms with Crippen LogP contribution in [0.4, 0.5) is 0 Å². The molecule has 5 heteroatoms. The van der Waals surface area contributed by atoms with Crippen LogP contribution in [-0.4, -0.2) is 15.9 Å². The normalized spacial score (nSPS) is 15.6. The van der Waals surface area contributed by atoms with Crippen molar-refractivity contribution in [3.8, 4) is 5.75 Å². The van der Waals surface area contributed by atoms with Crippen LogP contribution in [0.2, 0.25) is 0 Å². The molecule has 3 aromatic carbocycles. The Balaban J connectivity index is 1.74. The second-order valence-electron chi connectivity index (χ2n) is 7.59. The number of hydrogen-bond acceptors (Lipinski definition) is 4. The van der Waals surface area contributed by atoms with Crippen molar-refractivity contribution in [2.24, 2.45) is 0 Å². The van der Waals surface area contributed by atoms with Gasteiger partial charge in [-0.25, -0.2) is 0 Å². The molecule has 1 N–H and O–H groups in total. The summed E-state index contributed by atoms with van der Waals surface area (Å²) in [5.74, 6) is -0.101. The van der Waals surface area contributed by atoms with Gasteiger partial charge in [0, 0.05) is 6.54 Å². The average molecular weight is 397 g/mol. The van der Waals surface area contributed by atoms with Crippen LogP contribution < -0.4 is 5.43 Å². The number of phenolic OH excluding ortho intramolecular Hbond substituents is 1. The smallest absolute Gasteiger partial charge is 0.291 e. The number of benzene rings is 3. The molecular weight excluding hydrogens is 378 g/mol. The van der Waals surface area contributed by atoms with Crippen LogP contribution in [0.25, 0.3) is 11.0 Å². The lowest BCUT2D eigenvalue weighted by atomic mass is 9.98. The van der Waals surface area contributed by atoms with Gasteiger partial charge in [0.25, 0.3) is 5.91 Å². The van der Waals surface area contributed by atoms with Gasteiger partial charge in [0.1, 0.15) is 11.3 Å². The van der Waals surface area contributed by atoms with Gasteiger partial charge in [0.05, 0.1) is 17.0 Å². The van der Waals surface area contributed by atoms with Gasteiger partial charge in [0.15, 0.2) is 5.43 Å². The topological polar surface area (TPSA) is 70.8 Å². The van der Waals surface area contributed by atoms with Crippen LogP contribution in [0.1, 0.15) is 38.9 Å². The van der Waals surface area contributed by atoms with Crippen LogP contribution in [0, 0.1) is 6.92 Å². The minimum Gasteiger partial charge on any atom is -0.508 e. The monoisotopic (exact) mass is 397 g/mol. The van der Waals surface area contributed by atoms with Crippen LogP contribution >= 0.6 is 0 Å². The van der Waals surface area contributed by atoms with E-state index < -0.39 is 6.04 Å². The summed E-state index contributed by atoms with van der Waals surface area (Å²) in [6.45, 7) is 2.25. The molecule has 0 spiro atoms. The summed E-state index contributed by atoms with van der Waals surface area (Å²) in [7, 11) is 0. The van der Waals surface area contributed by atoms with Crippen LogP contribution in [0.3, 0.4) is 0 Å². The molecule has 0 saturated heterocycles. The van der Waals surface area contributed by atoms with Crippen molar-refractivity contribution in [1.29, 1.82) is 0 Å². The number of hydrogen-bond donors (Lipinski definition) is 1. The van der Waals surface area contributed by atoms with Gasteiger partial charge < -0.3 is 14.4 Å². The highest BCUT2D eigenvalue weighted by atomic mass is 16.3. The van der Waals surface area contributed by atoms with Crippen molar-refractivity contribution in [2.75, 3.05) is 0 Å². The number of rotatable bonds is 3. The summed E-state index contributed by atoms with van der Waals surface area (Å²) < 4.78 is 5.96. The van der Waals surface area contributed by atoms with E-state index in [1.54, 1.807) is 41.3 Å². The standard InChI is InChI=1S/C25H19NO4/c1-15-7-12-20-19(13-15)23(28)21-22(17-8-10-18(27)11-9-17)26(25(29)24(21)30-20)14-16-5-3-2-4-6-16/h2-13,22,27H,14H2,1H3. The van der Waals surface area contributed by atoms with E-state index in [1.807, 2.05) is 43.3 Å². The van der Waals surface area contributed by atoms with Gasteiger partial charge in [0.2, 0.25) is 5.76 Å². The van der Waals surface area contributed by atoms with Gasteiger partial charge in [-0.1, -0.05) is 54.1 Å². The highest BCUT2D eigenvalue weighted by Crippen LogP contribution is 2.39. The predicted molar refractivity (Wildman–Crippen MR) is 113 cm³/mol. The van der Waals surface area contributed by atoms with Crippen LogP contribution in [0.15, 0.2) is 82.0 Å². The van der Waals surface area contributed by atoms with E-state index >= 15 is 0 Å². The van der Waals surface area contributed by atoms with Crippen molar-refractivity contribution < 1.29 is 14.3 Å². The summed E-state index contributed by atoms with van der Waals surface area (Å²) in [6, 6.07) is 21.0. The zero-order valence-electron chi connectivity index (χ0n) is 16.3. The largest absolute Gasteiger partial charge is 0.508 e. The first kappa shape index (κ1) is 18.2. The summed E-state index contributed by atoms with van der Waals surface area (Å²) >= 11 is 0. The lowest BCUT2D eigenvalue weighted by molar-refractivity contribution is 0.0714. The Kier molecular flexibility index (Phi) is 4.17. The molecule has 0 radical (unpaired) electrons. The average Bonchev–Trinajstić information content (AvgIpc) is 3.02. The molecule has 1 aromatic heterocycles. The molecule has 2 heterocycles. The Bertz CT molecular complexity index is 1320. The lowest BCUT2D eigenvalue weighted by Gasteiger charge is -2.25. The van der Waals surface area contributed by atoms with E-state index in [4.69, 9.17) is 4.42 Å². The first-order valence-electron chi connectivity index (χ1n) is 9.74. The van der Waals surface area contributed by atoms with Gasteiger partial charge >= 0.3 is 0 Å². The van der Waals surface area contributed by atoms with Crippen molar-refractivity contribution in [3.63, 3.8) is 0 Å². The molecule has 1 unspecified atom stereocenters. The summed E-state index contributed by atoms with van der Waals surface area (Å²) in [6.07, 6.45) is 0. The maximum Gasteiger partial charge on any atom is 0.291 e. The van der Waals surface area contributed by atoms with Gasteiger partial charge in [-0.3, -0.25) is 9.59 Å². The third-order valence-electron chi connectivity index (χ3n) is 5.53. The molecule has 0 saturated carbocycles. The second-order valence-corrected chi connectivity index (χ2v) is 7.59. The first-order chi connectivity index (χ1) is 14.5. The number of aromatic hydroxyl groups is 1. The Morgan fingerprint density at radius 3 is 2.43 bits per heavy atom. The molecule has 0 fully saturated rings. The fourth-order valence-electron chi connectivity index (χ4n) is 4.08. The third-order valence-corrected chi connectivity index (χ3v) is 5.53. The van der Waals surface area contributed by atoms with Crippen LogP contribution in [-0.2, 0) is 6.54 Å². The number of carbonyl (C=O) groups excluding carboxylic acids is 1. The number of phenols is 1. The maximum absolute atomic E-state index is 13.5. The molecule has 0 aliphatic carbocycles. The fraction of sp³-hybridized carbons (Fsp3) is 0.120. The number of amides is 1. The Morgan fingerprint density at radius 1 is 0.967 bits per heavy atom. The molecule has 0 bridgehead atoms. The van der Waals surface area contributed by atoms with Crippen molar-refractivity contribution in [1.82, 2.24) is 4.90 Å². The van der Waals surface area contributed by atoms with Crippen molar-refractivity contribution >= 4 is 16.9 Å². The Labute approximate surface area is 172 Å². The van der Waals surface area contributed by atoms with Gasteiger partial charge in [-0.15, -0.1) is 0 Å². The minimum atomic E-state index is -0.588. The molecular formula is C25H19NO4. The summed E-state index contributed by atoms with van der Waals surface area (Å²) in [5.41, 5.74) is 3.20. The third kappa shape index (κ3) is 2.87. The van der Waals surface area contributed by atoms with Crippen molar-refractivity contribution in [2.45, 2.75) is 19.5 Å². The van der Waals surface area contributed by atoms with Gasteiger partial charge in [-0.05, 0) is 42.3 Å². The molecule has 5 rings (SSSR count). The second kappa shape index (κ2) is 6.88. The maximum atomic E-state index is 13.5. The van der Waals surface area contributed by atoms with E-state index in [0.717, 1.165) is 16.7 Å². The van der Waals surface area contributed by atoms with E-state index in [2.05, 4.69) is 0 Å². The van der Waals surface area contributed by atoms with E-state index in [0.29, 0.717) is 23.1 Å². The number of aryl methyl sites for hydroxylation is 1. The summed E-state index contributed by atoms with van der Waals surface area (Å²) in [4.78, 5) is 28.5. The molecule has 5 nitrogen and oxygen atoms in total. The molecule has 4 aromatic rings. The first-order valence-corrected chi connectivity index (χ1v) is 9.74. The van der Waals surface area contributed by atoms with E-state index in [-0.39, 0.29) is 22.8 Å². The highest BCUT2D eigenvalue weighted by Gasteiger charge is 2.42. The molecule has 1 amide bonds. The SMILES string of the molecule is Cc1ccc2oc3c(c(=O)c2c1)C(c1ccc(O)cc1)N(Cc1ccccc1)C3=O.